The SMILES string of the molecule is NCCCCC(=O)Nc1ccccc1N1CCCC1. The van der Waals surface area contributed by atoms with Crippen molar-refractivity contribution < 1.29 is 4.79 Å². The monoisotopic (exact) mass is 261 g/mol. The number of nitrogens with one attached hydrogen (secondary N) is 1. The Morgan fingerprint density at radius 3 is 2.68 bits per heavy atom. The summed E-state index contributed by atoms with van der Waals surface area (Å²) in [6.07, 6.45) is 4.78. The lowest BCUT2D eigenvalue weighted by Crippen LogP contribution is -2.21. The average molecular weight is 261 g/mol. The van der Waals surface area contributed by atoms with E-state index in [9.17, 15) is 4.79 Å². The quantitative estimate of drug-likeness (QED) is 0.773. The Labute approximate surface area is 115 Å². The molecule has 0 saturated carbocycles. The first-order chi connectivity index (χ1) is 9.31. The molecule has 0 aliphatic carbocycles. The van der Waals surface area contributed by atoms with Crippen molar-refractivity contribution in [2.75, 3.05) is 29.9 Å². The number of nitrogens with two attached hydrogens (primary N) is 1. The number of amides is 1. The zero-order chi connectivity index (χ0) is 13.5. The number of benzene rings is 1. The minimum absolute atomic E-state index is 0.0834. The molecule has 0 atom stereocenters. The third-order valence-electron chi connectivity index (χ3n) is 3.48. The lowest BCUT2D eigenvalue weighted by atomic mass is 10.2. The fourth-order valence-electron chi connectivity index (χ4n) is 2.46. The molecule has 1 aliphatic heterocycles. The van der Waals surface area contributed by atoms with Crippen LogP contribution in [-0.4, -0.2) is 25.5 Å². The van der Waals surface area contributed by atoms with Crippen LogP contribution in [0.4, 0.5) is 11.4 Å². The van der Waals surface area contributed by atoms with Crippen LogP contribution in [0, 0.1) is 0 Å². The van der Waals surface area contributed by atoms with Crippen molar-refractivity contribution in [2.24, 2.45) is 5.73 Å². The van der Waals surface area contributed by atoms with E-state index in [4.69, 9.17) is 5.73 Å². The normalized spacial score (nSPS) is 14.7. The lowest BCUT2D eigenvalue weighted by molar-refractivity contribution is -0.116. The zero-order valence-corrected chi connectivity index (χ0v) is 11.4. The number of rotatable bonds is 6. The van der Waals surface area contributed by atoms with Crippen molar-refractivity contribution in [1.82, 2.24) is 0 Å². The number of anilines is 2. The van der Waals surface area contributed by atoms with E-state index in [1.54, 1.807) is 0 Å². The van der Waals surface area contributed by atoms with Crippen LogP contribution in [0.15, 0.2) is 24.3 Å². The van der Waals surface area contributed by atoms with Crippen molar-refractivity contribution in [3.8, 4) is 0 Å². The molecular weight excluding hydrogens is 238 g/mol. The molecule has 3 N–H and O–H groups in total. The Morgan fingerprint density at radius 1 is 1.21 bits per heavy atom. The Kier molecular flexibility index (Phi) is 5.21. The van der Waals surface area contributed by atoms with Gasteiger partial charge in [0.2, 0.25) is 5.91 Å². The van der Waals surface area contributed by atoms with Gasteiger partial charge in [0.15, 0.2) is 0 Å². The van der Waals surface area contributed by atoms with Crippen LogP contribution in [0.25, 0.3) is 0 Å². The van der Waals surface area contributed by atoms with E-state index < -0.39 is 0 Å². The summed E-state index contributed by atoms with van der Waals surface area (Å²) in [5, 5.41) is 3.02. The highest BCUT2D eigenvalue weighted by Crippen LogP contribution is 2.28. The van der Waals surface area contributed by atoms with Gasteiger partial charge in [0.25, 0.3) is 0 Å². The summed E-state index contributed by atoms with van der Waals surface area (Å²) in [6, 6.07) is 8.06. The van der Waals surface area contributed by atoms with E-state index in [0.29, 0.717) is 13.0 Å². The van der Waals surface area contributed by atoms with Gasteiger partial charge < -0.3 is 16.0 Å². The predicted molar refractivity (Wildman–Crippen MR) is 79.4 cm³/mol. The molecule has 2 rings (SSSR count). The Hall–Kier alpha value is -1.55. The third kappa shape index (κ3) is 3.96. The average Bonchev–Trinajstić information content (AvgIpc) is 2.93. The zero-order valence-electron chi connectivity index (χ0n) is 11.4. The maximum atomic E-state index is 11.9. The maximum Gasteiger partial charge on any atom is 0.224 e. The lowest BCUT2D eigenvalue weighted by Gasteiger charge is -2.21. The summed E-state index contributed by atoms with van der Waals surface area (Å²) in [4.78, 5) is 14.2. The summed E-state index contributed by atoms with van der Waals surface area (Å²) in [7, 11) is 0. The van der Waals surface area contributed by atoms with Gasteiger partial charge in [-0.15, -0.1) is 0 Å². The number of hydrogen-bond acceptors (Lipinski definition) is 3. The third-order valence-corrected chi connectivity index (χ3v) is 3.48. The second-order valence-corrected chi connectivity index (χ2v) is 5.01. The maximum absolute atomic E-state index is 11.9. The van der Waals surface area contributed by atoms with Gasteiger partial charge >= 0.3 is 0 Å². The molecule has 1 aromatic carbocycles. The smallest absolute Gasteiger partial charge is 0.224 e. The minimum atomic E-state index is 0.0834. The molecule has 1 saturated heterocycles. The van der Waals surface area contributed by atoms with Gasteiger partial charge in [-0.25, -0.2) is 0 Å². The van der Waals surface area contributed by atoms with Crippen molar-refractivity contribution >= 4 is 17.3 Å². The van der Waals surface area contributed by atoms with E-state index in [-0.39, 0.29) is 5.91 Å². The van der Waals surface area contributed by atoms with Crippen molar-refractivity contribution in [1.29, 1.82) is 0 Å². The molecule has 4 heteroatoms. The van der Waals surface area contributed by atoms with E-state index >= 15 is 0 Å². The number of unbranched alkanes of at least 4 members (excludes halogenated alkanes) is 1. The second kappa shape index (κ2) is 7.14. The molecule has 1 amide bonds. The predicted octanol–water partition coefficient (Wildman–Crippen LogP) is 2.35. The van der Waals surface area contributed by atoms with Gasteiger partial charge in [-0.3, -0.25) is 4.79 Å². The Morgan fingerprint density at radius 2 is 1.95 bits per heavy atom. The number of carbonyl (C=O) groups is 1. The highest BCUT2D eigenvalue weighted by molar-refractivity contribution is 5.94. The fraction of sp³-hybridized carbons (Fsp3) is 0.533. The summed E-state index contributed by atoms with van der Waals surface area (Å²) in [5.41, 5.74) is 7.51. The molecule has 104 valence electrons. The molecule has 4 nitrogen and oxygen atoms in total. The van der Waals surface area contributed by atoms with E-state index in [1.165, 1.54) is 12.8 Å². The molecule has 19 heavy (non-hydrogen) atoms. The van der Waals surface area contributed by atoms with Crippen LogP contribution < -0.4 is 16.0 Å². The topological polar surface area (TPSA) is 58.4 Å². The van der Waals surface area contributed by atoms with E-state index in [1.807, 2.05) is 18.2 Å². The van der Waals surface area contributed by atoms with Crippen LogP contribution in [0.5, 0.6) is 0 Å². The first-order valence-corrected chi connectivity index (χ1v) is 7.15. The Bertz CT molecular complexity index is 414. The first kappa shape index (κ1) is 13.9. The molecule has 1 aromatic rings. The van der Waals surface area contributed by atoms with E-state index in [0.717, 1.165) is 37.3 Å². The fourth-order valence-corrected chi connectivity index (χ4v) is 2.46. The highest BCUT2D eigenvalue weighted by Gasteiger charge is 2.16. The first-order valence-electron chi connectivity index (χ1n) is 7.15. The summed E-state index contributed by atoms with van der Waals surface area (Å²) in [6.45, 7) is 2.82. The van der Waals surface area contributed by atoms with Gasteiger partial charge in [0.05, 0.1) is 11.4 Å². The van der Waals surface area contributed by atoms with Gasteiger partial charge in [-0.1, -0.05) is 12.1 Å². The van der Waals surface area contributed by atoms with Crippen molar-refractivity contribution in [2.45, 2.75) is 32.1 Å². The molecular formula is C15H23N3O. The standard InChI is InChI=1S/C15H23N3O/c16-10-4-3-9-15(19)17-13-7-1-2-8-14(13)18-11-5-6-12-18/h1-2,7-8H,3-6,9-12,16H2,(H,17,19). The summed E-state index contributed by atoms with van der Waals surface area (Å²) in [5.74, 6) is 0.0834. The Balaban J connectivity index is 1.97. The van der Waals surface area contributed by atoms with Crippen molar-refractivity contribution in [3.63, 3.8) is 0 Å². The second-order valence-electron chi connectivity index (χ2n) is 5.01. The van der Waals surface area contributed by atoms with Gasteiger partial charge in [0, 0.05) is 19.5 Å². The van der Waals surface area contributed by atoms with Crippen molar-refractivity contribution in [3.05, 3.63) is 24.3 Å². The van der Waals surface area contributed by atoms with Crippen LogP contribution in [0.3, 0.4) is 0 Å². The number of nitrogens with zero attached hydrogens (tertiary/aromatic N) is 1. The van der Waals surface area contributed by atoms with Gasteiger partial charge in [0.1, 0.15) is 0 Å². The molecule has 1 heterocycles. The van der Waals surface area contributed by atoms with Crippen LogP contribution in [0.1, 0.15) is 32.1 Å². The molecule has 0 aromatic heterocycles. The minimum Gasteiger partial charge on any atom is -0.370 e. The molecule has 1 aliphatic rings. The molecule has 1 fully saturated rings. The summed E-state index contributed by atoms with van der Waals surface area (Å²) >= 11 is 0. The van der Waals surface area contributed by atoms with Crippen LogP contribution in [-0.2, 0) is 4.79 Å². The van der Waals surface area contributed by atoms with Gasteiger partial charge in [-0.2, -0.15) is 0 Å². The molecule has 0 radical (unpaired) electrons. The van der Waals surface area contributed by atoms with Crippen LogP contribution in [0.2, 0.25) is 0 Å². The molecule has 0 unspecified atom stereocenters. The number of hydrogen-bond donors (Lipinski definition) is 2. The number of carbonyl (C=O) groups excluding carboxylic acids is 1. The van der Waals surface area contributed by atoms with E-state index in [2.05, 4.69) is 16.3 Å². The van der Waals surface area contributed by atoms with Gasteiger partial charge in [-0.05, 0) is 44.4 Å². The summed E-state index contributed by atoms with van der Waals surface area (Å²) < 4.78 is 0. The number of para-hydroxylation sites is 2. The largest absolute Gasteiger partial charge is 0.370 e. The van der Waals surface area contributed by atoms with Crippen LogP contribution >= 0.6 is 0 Å². The highest BCUT2D eigenvalue weighted by atomic mass is 16.1. The molecule has 0 bridgehead atoms. The molecule has 0 spiro atoms.